The molecule has 1 amide bonds. The fourth-order valence-electron chi connectivity index (χ4n) is 3.09. The summed E-state index contributed by atoms with van der Waals surface area (Å²) in [7, 11) is 0. The number of fused-ring (bicyclic) bond motifs is 1. The van der Waals surface area contributed by atoms with Gasteiger partial charge in [0.1, 0.15) is 0 Å². The Morgan fingerprint density at radius 2 is 1.86 bits per heavy atom. The van der Waals surface area contributed by atoms with Crippen molar-refractivity contribution in [3.05, 3.63) is 62.6 Å². The van der Waals surface area contributed by atoms with Crippen LogP contribution in [0.3, 0.4) is 0 Å². The van der Waals surface area contributed by atoms with Crippen LogP contribution >= 0.6 is 23.2 Å². The van der Waals surface area contributed by atoms with Gasteiger partial charge in [0.15, 0.2) is 0 Å². The van der Waals surface area contributed by atoms with Crippen LogP contribution in [0, 0.1) is 5.41 Å². The first-order chi connectivity index (χ1) is 13.5. The molecule has 0 saturated heterocycles. The Labute approximate surface area is 179 Å². The second-order valence-corrected chi connectivity index (χ2v) is 8.97. The van der Waals surface area contributed by atoms with E-state index in [1.165, 1.54) is 6.07 Å². The predicted octanol–water partition coefficient (Wildman–Crippen LogP) is 5.23. The highest BCUT2D eigenvalue weighted by Crippen LogP contribution is 2.33. The topological polar surface area (TPSA) is 78.8 Å². The number of aliphatic imine (C=N–C) groups is 1. The number of carbonyl (C=O) groups is 2. The van der Waals surface area contributed by atoms with Gasteiger partial charge in [-0.1, -0.05) is 56.1 Å². The number of nitrogens with zero attached hydrogens (tertiary/aromatic N) is 1. The number of hydrogen-bond donors (Lipinski definition) is 2. The molecule has 0 radical (unpaired) electrons. The van der Waals surface area contributed by atoms with Crippen LogP contribution in [0.25, 0.3) is 0 Å². The molecule has 152 valence electrons. The van der Waals surface area contributed by atoms with Gasteiger partial charge in [-0.15, -0.1) is 0 Å². The van der Waals surface area contributed by atoms with Crippen LogP contribution in [0.4, 0.5) is 5.69 Å². The minimum atomic E-state index is -1.07. The Morgan fingerprint density at radius 1 is 1.14 bits per heavy atom. The quantitative estimate of drug-likeness (QED) is 0.678. The molecule has 0 spiro atoms. The van der Waals surface area contributed by atoms with E-state index < -0.39 is 11.4 Å². The minimum Gasteiger partial charge on any atom is -0.478 e. The number of benzene rings is 2. The smallest absolute Gasteiger partial charge is 0.337 e. The van der Waals surface area contributed by atoms with E-state index in [0.717, 1.165) is 22.4 Å². The van der Waals surface area contributed by atoms with Crippen molar-refractivity contribution in [2.24, 2.45) is 10.4 Å². The lowest BCUT2D eigenvalue weighted by atomic mass is 9.95. The van der Waals surface area contributed by atoms with Crippen LogP contribution in [0.15, 0.2) is 35.3 Å². The molecule has 7 heteroatoms. The first kappa shape index (κ1) is 21.3. The molecule has 0 aliphatic carbocycles. The van der Waals surface area contributed by atoms with E-state index in [1.807, 2.05) is 39.0 Å². The van der Waals surface area contributed by atoms with Gasteiger partial charge in [-0.2, -0.15) is 0 Å². The van der Waals surface area contributed by atoms with Gasteiger partial charge in [-0.05, 0) is 34.9 Å². The molecule has 0 aromatic heterocycles. The summed E-state index contributed by atoms with van der Waals surface area (Å²) in [6.07, 6.45) is 1.13. The van der Waals surface area contributed by atoms with Crippen molar-refractivity contribution >= 4 is 46.5 Å². The molecule has 1 heterocycles. The van der Waals surface area contributed by atoms with Gasteiger partial charge in [0, 0.05) is 35.5 Å². The molecular weight excluding hydrogens is 411 g/mol. The van der Waals surface area contributed by atoms with Crippen molar-refractivity contribution in [1.29, 1.82) is 0 Å². The molecule has 0 fully saturated rings. The summed E-state index contributed by atoms with van der Waals surface area (Å²) >= 11 is 12.4. The van der Waals surface area contributed by atoms with E-state index in [1.54, 1.807) is 6.07 Å². The van der Waals surface area contributed by atoms with Crippen molar-refractivity contribution in [3.63, 3.8) is 0 Å². The first-order valence-electron chi connectivity index (χ1n) is 9.22. The SMILES string of the molecule is CC(C)(C)C(=O)NCc1ccc(Cl)c(CC2=Nc3cc(C(=O)O)c(Cl)cc3C2)c1. The average molecular weight is 433 g/mol. The summed E-state index contributed by atoms with van der Waals surface area (Å²) < 4.78 is 0. The Bertz CT molecular complexity index is 1020. The molecule has 1 aliphatic heterocycles. The van der Waals surface area contributed by atoms with Crippen LogP contribution in [-0.2, 0) is 24.2 Å². The second-order valence-electron chi connectivity index (χ2n) is 8.16. The lowest BCUT2D eigenvalue weighted by Crippen LogP contribution is -2.34. The van der Waals surface area contributed by atoms with Gasteiger partial charge in [-0.3, -0.25) is 9.79 Å². The lowest BCUT2D eigenvalue weighted by Gasteiger charge is -2.18. The molecule has 0 saturated carbocycles. The van der Waals surface area contributed by atoms with Gasteiger partial charge in [0.25, 0.3) is 0 Å². The standard InChI is InChI=1S/C22H22Cl2N2O3/c1-22(2,3)21(29)25-11-12-4-5-17(23)13(6-12)7-15-8-14-9-18(24)16(20(27)28)10-19(14)26-15/h4-6,9-10H,7-8,11H2,1-3H3,(H,25,29)(H,27,28). The Hall–Kier alpha value is -2.37. The van der Waals surface area contributed by atoms with Crippen LogP contribution in [-0.4, -0.2) is 22.7 Å². The van der Waals surface area contributed by atoms with Crippen molar-refractivity contribution in [1.82, 2.24) is 5.32 Å². The van der Waals surface area contributed by atoms with E-state index >= 15 is 0 Å². The number of amides is 1. The maximum absolute atomic E-state index is 12.1. The molecule has 5 nitrogen and oxygen atoms in total. The number of nitrogens with one attached hydrogen (secondary N) is 1. The van der Waals surface area contributed by atoms with Gasteiger partial charge in [0.2, 0.25) is 5.91 Å². The number of carbonyl (C=O) groups excluding carboxylic acids is 1. The largest absolute Gasteiger partial charge is 0.478 e. The third-order valence-corrected chi connectivity index (χ3v) is 5.39. The maximum Gasteiger partial charge on any atom is 0.337 e. The van der Waals surface area contributed by atoms with Crippen molar-refractivity contribution in [2.75, 3.05) is 0 Å². The molecule has 29 heavy (non-hydrogen) atoms. The number of halogens is 2. The van der Waals surface area contributed by atoms with Crippen LogP contribution in [0.5, 0.6) is 0 Å². The molecule has 3 rings (SSSR count). The molecular formula is C22H22Cl2N2O3. The van der Waals surface area contributed by atoms with Crippen LogP contribution in [0.1, 0.15) is 47.8 Å². The predicted molar refractivity (Wildman–Crippen MR) is 116 cm³/mol. The third-order valence-electron chi connectivity index (χ3n) is 4.71. The number of hydrogen-bond acceptors (Lipinski definition) is 3. The zero-order chi connectivity index (χ0) is 21.3. The zero-order valence-corrected chi connectivity index (χ0v) is 18.0. The highest BCUT2D eigenvalue weighted by molar-refractivity contribution is 6.34. The summed E-state index contributed by atoms with van der Waals surface area (Å²) in [5.41, 5.74) is 3.88. The first-order valence-corrected chi connectivity index (χ1v) is 9.98. The second kappa shape index (κ2) is 8.17. The number of carboxylic acid groups (broad SMARTS) is 1. The number of aromatic carboxylic acids is 1. The highest BCUT2D eigenvalue weighted by Gasteiger charge is 2.22. The van der Waals surface area contributed by atoms with Crippen molar-refractivity contribution in [3.8, 4) is 0 Å². The molecule has 0 bridgehead atoms. The molecule has 2 aromatic carbocycles. The van der Waals surface area contributed by atoms with Gasteiger partial charge >= 0.3 is 5.97 Å². The highest BCUT2D eigenvalue weighted by atomic mass is 35.5. The number of carboxylic acids is 1. The molecule has 2 aromatic rings. The average Bonchev–Trinajstić information content (AvgIpc) is 3.01. The van der Waals surface area contributed by atoms with Gasteiger partial charge in [0.05, 0.1) is 16.3 Å². The Morgan fingerprint density at radius 3 is 2.52 bits per heavy atom. The summed E-state index contributed by atoms with van der Waals surface area (Å²) in [6, 6.07) is 8.84. The number of rotatable bonds is 5. The Balaban J connectivity index is 1.76. The normalized spacial score (nSPS) is 13.1. The molecule has 2 N–H and O–H groups in total. The van der Waals surface area contributed by atoms with Gasteiger partial charge < -0.3 is 10.4 Å². The molecule has 0 atom stereocenters. The van der Waals surface area contributed by atoms with Crippen LogP contribution < -0.4 is 5.32 Å². The summed E-state index contributed by atoms with van der Waals surface area (Å²) in [5.74, 6) is -1.09. The monoisotopic (exact) mass is 432 g/mol. The molecule has 1 aliphatic rings. The summed E-state index contributed by atoms with van der Waals surface area (Å²) in [6.45, 7) is 6.03. The van der Waals surface area contributed by atoms with Crippen molar-refractivity contribution in [2.45, 2.75) is 40.2 Å². The minimum absolute atomic E-state index is 0.0178. The zero-order valence-electron chi connectivity index (χ0n) is 16.5. The van der Waals surface area contributed by atoms with Crippen molar-refractivity contribution < 1.29 is 14.7 Å². The van der Waals surface area contributed by atoms with Crippen LogP contribution in [0.2, 0.25) is 10.0 Å². The van der Waals surface area contributed by atoms with E-state index in [9.17, 15) is 14.7 Å². The van der Waals surface area contributed by atoms with E-state index in [2.05, 4.69) is 10.3 Å². The van der Waals surface area contributed by atoms with E-state index in [0.29, 0.717) is 30.1 Å². The third kappa shape index (κ3) is 4.98. The van der Waals surface area contributed by atoms with Gasteiger partial charge in [-0.25, -0.2) is 4.79 Å². The van der Waals surface area contributed by atoms with E-state index in [-0.39, 0.29) is 16.5 Å². The fraction of sp³-hybridized carbons (Fsp3) is 0.318. The molecule has 0 unspecified atom stereocenters. The fourth-order valence-corrected chi connectivity index (χ4v) is 3.54. The lowest BCUT2D eigenvalue weighted by molar-refractivity contribution is -0.128. The maximum atomic E-state index is 12.1. The summed E-state index contributed by atoms with van der Waals surface area (Å²) in [4.78, 5) is 27.9. The summed E-state index contributed by atoms with van der Waals surface area (Å²) in [5, 5.41) is 13.0. The Kier molecular flexibility index (Phi) is 6.01. The van der Waals surface area contributed by atoms with E-state index in [4.69, 9.17) is 23.2 Å².